The Bertz CT molecular complexity index is 1130. The van der Waals surface area contributed by atoms with E-state index in [0.717, 1.165) is 12.1 Å². The first-order valence-electron chi connectivity index (χ1n) is 8.92. The van der Waals surface area contributed by atoms with Crippen LogP contribution in [0.15, 0.2) is 46.2 Å². The SMILES string of the molecule is Cc1ccc(C(=O)OCCCOC(=O)c2ccc(C)c(S(N)(=O)=O)c2)cc1S(N)(=O)=O. The van der Waals surface area contributed by atoms with E-state index in [-0.39, 0.29) is 40.6 Å². The minimum Gasteiger partial charge on any atom is -0.462 e. The van der Waals surface area contributed by atoms with Gasteiger partial charge in [-0.3, -0.25) is 0 Å². The minimum absolute atomic E-state index is 0.0156. The molecule has 0 bridgehead atoms. The van der Waals surface area contributed by atoms with Gasteiger partial charge >= 0.3 is 11.9 Å². The molecule has 0 heterocycles. The highest BCUT2D eigenvalue weighted by molar-refractivity contribution is 7.89. The lowest BCUT2D eigenvalue weighted by molar-refractivity contribution is 0.0395. The lowest BCUT2D eigenvalue weighted by Crippen LogP contribution is -2.16. The van der Waals surface area contributed by atoms with Crippen LogP contribution in [0.2, 0.25) is 0 Å². The van der Waals surface area contributed by atoms with Crippen LogP contribution in [-0.4, -0.2) is 42.0 Å². The molecular weight excluding hydrogens is 448 g/mol. The van der Waals surface area contributed by atoms with Gasteiger partial charge < -0.3 is 9.47 Å². The zero-order valence-electron chi connectivity index (χ0n) is 16.8. The van der Waals surface area contributed by atoms with Gasteiger partial charge in [0.2, 0.25) is 20.0 Å². The number of benzene rings is 2. The van der Waals surface area contributed by atoms with Crippen LogP contribution < -0.4 is 10.3 Å². The number of aryl methyl sites for hydroxylation is 2. The van der Waals surface area contributed by atoms with Gasteiger partial charge in [-0.1, -0.05) is 12.1 Å². The summed E-state index contributed by atoms with van der Waals surface area (Å²) >= 11 is 0. The molecule has 0 atom stereocenters. The first kappa shape index (κ1) is 24.5. The molecule has 0 amide bonds. The maximum atomic E-state index is 12.1. The summed E-state index contributed by atoms with van der Waals surface area (Å²) < 4.78 is 56.2. The normalized spacial score (nSPS) is 11.7. The number of ether oxygens (including phenoxy) is 2. The monoisotopic (exact) mass is 470 g/mol. The number of rotatable bonds is 8. The van der Waals surface area contributed by atoms with Crippen molar-refractivity contribution in [2.24, 2.45) is 10.3 Å². The summed E-state index contributed by atoms with van der Waals surface area (Å²) in [5.41, 5.74) is 0.823. The van der Waals surface area contributed by atoms with Crippen LogP contribution in [0.1, 0.15) is 38.3 Å². The molecule has 12 heteroatoms. The zero-order valence-corrected chi connectivity index (χ0v) is 18.5. The Balaban J connectivity index is 1.89. The maximum Gasteiger partial charge on any atom is 0.338 e. The van der Waals surface area contributed by atoms with Crippen molar-refractivity contribution in [1.82, 2.24) is 0 Å². The highest BCUT2D eigenvalue weighted by Gasteiger charge is 2.17. The summed E-state index contributed by atoms with van der Waals surface area (Å²) in [6.45, 7) is 2.90. The van der Waals surface area contributed by atoms with E-state index in [1.54, 1.807) is 13.8 Å². The van der Waals surface area contributed by atoms with Crippen molar-refractivity contribution in [3.63, 3.8) is 0 Å². The van der Waals surface area contributed by atoms with Gasteiger partial charge in [0.25, 0.3) is 0 Å². The first-order valence-corrected chi connectivity index (χ1v) is 12.0. The molecule has 10 nitrogen and oxygen atoms in total. The predicted molar refractivity (Wildman–Crippen MR) is 110 cm³/mol. The second-order valence-corrected chi connectivity index (χ2v) is 9.74. The third-order valence-corrected chi connectivity index (χ3v) is 6.32. The molecular formula is C19H22N2O8S2. The number of nitrogens with two attached hydrogens (primary N) is 2. The average molecular weight is 471 g/mol. The lowest BCUT2D eigenvalue weighted by atomic mass is 10.1. The first-order chi connectivity index (χ1) is 14.3. The molecule has 0 spiro atoms. The van der Waals surface area contributed by atoms with E-state index in [9.17, 15) is 26.4 Å². The van der Waals surface area contributed by atoms with Crippen LogP contribution in [0.25, 0.3) is 0 Å². The fraction of sp³-hybridized carbons (Fsp3) is 0.263. The molecule has 0 unspecified atom stereocenters. The van der Waals surface area contributed by atoms with Crippen molar-refractivity contribution in [1.29, 1.82) is 0 Å². The van der Waals surface area contributed by atoms with Gasteiger partial charge in [-0.05, 0) is 49.2 Å². The maximum absolute atomic E-state index is 12.1. The van der Waals surface area contributed by atoms with Crippen LogP contribution in [0.4, 0.5) is 0 Å². The molecule has 0 saturated heterocycles. The summed E-state index contributed by atoms with van der Waals surface area (Å²) in [7, 11) is -7.96. The Kier molecular flexibility index (Phi) is 7.54. The van der Waals surface area contributed by atoms with Crippen LogP contribution in [0.3, 0.4) is 0 Å². The number of esters is 2. The van der Waals surface area contributed by atoms with Gasteiger partial charge in [-0.2, -0.15) is 0 Å². The molecule has 0 radical (unpaired) electrons. The molecule has 0 saturated carbocycles. The molecule has 0 aliphatic rings. The molecule has 2 aromatic rings. The third kappa shape index (κ3) is 6.59. The highest BCUT2D eigenvalue weighted by atomic mass is 32.2. The smallest absolute Gasteiger partial charge is 0.338 e. The topological polar surface area (TPSA) is 173 Å². The predicted octanol–water partition coefficient (Wildman–Crippen LogP) is 1.00. The van der Waals surface area contributed by atoms with Gasteiger partial charge in [0.1, 0.15) is 0 Å². The lowest BCUT2D eigenvalue weighted by Gasteiger charge is -2.09. The second kappa shape index (κ2) is 9.56. The van der Waals surface area contributed by atoms with E-state index in [0.29, 0.717) is 11.1 Å². The molecule has 0 aliphatic heterocycles. The van der Waals surface area contributed by atoms with Crippen molar-refractivity contribution in [3.8, 4) is 0 Å². The molecule has 168 valence electrons. The fourth-order valence-electron chi connectivity index (χ4n) is 2.62. The zero-order chi connectivity index (χ0) is 23.4. The van der Waals surface area contributed by atoms with E-state index in [1.165, 1.54) is 24.3 Å². The molecule has 31 heavy (non-hydrogen) atoms. The number of carbonyl (C=O) groups excluding carboxylic acids is 2. The summed E-state index contributed by atoms with van der Waals surface area (Å²) in [4.78, 5) is 23.8. The summed E-state index contributed by atoms with van der Waals surface area (Å²) in [5.74, 6) is -1.51. The standard InChI is InChI=1S/C19H22N2O8S2/c1-12-4-6-14(10-16(12)30(20,24)25)18(22)28-8-3-9-29-19(23)15-7-5-13(2)17(11-15)31(21,26)27/h4-7,10-11H,3,8-9H2,1-2H3,(H2,20,24,25)(H2,21,26,27). The van der Waals surface area contributed by atoms with E-state index < -0.39 is 32.0 Å². The van der Waals surface area contributed by atoms with Gasteiger partial charge in [-0.15, -0.1) is 0 Å². The summed E-state index contributed by atoms with van der Waals surface area (Å²) in [5, 5.41) is 10.2. The van der Waals surface area contributed by atoms with Crippen molar-refractivity contribution >= 4 is 32.0 Å². The quantitative estimate of drug-likeness (QED) is 0.424. The molecule has 2 rings (SSSR count). The minimum atomic E-state index is -3.98. The second-order valence-electron chi connectivity index (χ2n) is 6.68. The van der Waals surface area contributed by atoms with Crippen molar-refractivity contribution in [3.05, 3.63) is 58.7 Å². The fourth-order valence-corrected chi connectivity index (χ4v) is 4.24. The summed E-state index contributed by atoms with van der Waals surface area (Å²) in [6, 6.07) is 7.96. The van der Waals surface area contributed by atoms with Crippen LogP contribution in [0, 0.1) is 13.8 Å². The van der Waals surface area contributed by atoms with E-state index in [4.69, 9.17) is 19.8 Å². The Morgan fingerprint density at radius 1 is 0.742 bits per heavy atom. The summed E-state index contributed by atoms with van der Waals surface area (Å²) in [6.07, 6.45) is 0.166. The number of primary sulfonamides is 2. The number of hydrogen-bond acceptors (Lipinski definition) is 8. The Morgan fingerprint density at radius 3 is 1.42 bits per heavy atom. The van der Waals surface area contributed by atoms with Gasteiger partial charge in [0.15, 0.2) is 0 Å². The molecule has 4 N–H and O–H groups in total. The van der Waals surface area contributed by atoms with Crippen LogP contribution >= 0.6 is 0 Å². The van der Waals surface area contributed by atoms with E-state index in [1.807, 2.05) is 0 Å². The number of hydrogen-bond donors (Lipinski definition) is 2. The Hall–Kier alpha value is -2.80. The average Bonchev–Trinajstić information content (AvgIpc) is 2.66. The van der Waals surface area contributed by atoms with E-state index >= 15 is 0 Å². The third-order valence-electron chi connectivity index (χ3n) is 4.22. The molecule has 2 aromatic carbocycles. The van der Waals surface area contributed by atoms with E-state index in [2.05, 4.69) is 0 Å². The molecule has 0 fully saturated rings. The van der Waals surface area contributed by atoms with Gasteiger partial charge in [0, 0.05) is 6.42 Å². The van der Waals surface area contributed by atoms with Gasteiger partial charge in [0.05, 0.1) is 34.1 Å². The molecule has 0 aliphatic carbocycles. The van der Waals surface area contributed by atoms with Crippen LogP contribution in [0.5, 0.6) is 0 Å². The van der Waals surface area contributed by atoms with Crippen molar-refractivity contribution in [2.75, 3.05) is 13.2 Å². The Morgan fingerprint density at radius 2 is 1.10 bits per heavy atom. The molecule has 0 aromatic heterocycles. The van der Waals surface area contributed by atoms with Gasteiger partial charge in [-0.25, -0.2) is 36.7 Å². The number of carbonyl (C=O) groups is 2. The highest BCUT2D eigenvalue weighted by Crippen LogP contribution is 2.17. The Labute approximate surface area is 180 Å². The largest absolute Gasteiger partial charge is 0.462 e. The van der Waals surface area contributed by atoms with Crippen molar-refractivity contribution in [2.45, 2.75) is 30.1 Å². The number of sulfonamides is 2. The van der Waals surface area contributed by atoms with Crippen molar-refractivity contribution < 1.29 is 35.9 Å². The van der Waals surface area contributed by atoms with Crippen LogP contribution in [-0.2, 0) is 29.5 Å².